The van der Waals surface area contributed by atoms with Crippen molar-refractivity contribution in [1.82, 2.24) is 0 Å². The fraction of sp³-hybridized carbons (Fsp3) is 0.438. The molecule has 0 bridgehead atoms. The number of esters is 2. The summed E-state index contributed by atoms with van der Waals surface area (Å²) in [5.74, 6) is -2.03. The quantitative estimate of drug-likeness (QED) is 0.237. The third kappa shape index (κ3) is 5.87. The lowest BCUT2D eigenvalue weighted by Gasteiger charge is -2.26. The zero-order valence-corrected chi connectivity index (χ0v) is 18.0. The zero-order valence-electron chi connectivity index (χ0n) is 15.5. The van der Waals surface area contributed by atoms with Crippen LogP contribution in [-0.4, -0.2) is 57.9 Å². The summed E-state index contributed by atoms with van der Waals surface area (Å²) in [5, 5.41) is 3.87. The van der Waals surface area contributed by atoms with Crippen LogP contribution in [0.15, 0.2) is 33.9 Å². The second-order valence-corrected chi connectivity index (χ2v) is 8.39. The van der Waals surface area contributed by atoms with E-state index >= 15 is 0 Å². The van der Waals surface area contributed by atoms with Gasteiger partial charge in [0.2, 0.25) is 11.8 Å². The van der Waals surface area contributed by atoms with E-state index in [2.05, 4.69) is 30.6 Å². The molecule has 0 radical (unpaired) electrons. The van der Waals surface area contributed by atoms with Crippen molar-refractivity contribution in [2.75, 3.05) is 28.4 Å². The molecule has 0 aliphatic rings. The van der Waals surface area contributed by atoms with Crippen LogP contribution >= 0.6 is 23.5 Å². The fourth-order valence-electron chi connectivity index (χ4n) is 2.07. The third-order valence-electron chi connectivity index (χ3n) is 3.58. The van der Waals surface area contributed by atoms with E-state index in [0.717, 1.165) is 32.9 Å². The molecular formula is C16H21BrNO8P. The molecule has 1 aromatic rings. The van der Waals surface area contributed by atoms with E-state index in [-0.39, 0.29) is 0 Å². The molecule has 0 saturated heterocycles. The number of hydrogen-bond acceptors (Lipinski definition) is 9. The van der Waals surface area contributed by atoms with Crippen molar-refractivity contribution in [2.24, 2.45) is 5.16 Å². The normalized spacial score (nSPS) is 14.2. The summed E-state index contributed by atoms with van der Waals surface area (Å²) < 4.78 is 32.6. The Bertz CT molecular complexity index is 728. The first-order chi connectivity index (χ1) is 12.7. The summed E-state index contributed by atoms with van der Waals surface area (Å²) in [5.41, 5.74) is -0.616. The minimum atomic E-state index is -4.10. The van der Waals surface area contributed by atoms with Gasteiger partial charge in [0.15, 0.2) is 0 Å². The summed E-state index contributed by atoms with van der Waals surface area (Å²) in [6.07, 6.45) is -1.71. The smallest absolute Gasteiger partial charge is 0.351 e. The molecular weight excluding hydrogens is 445 g/mol. The van der Waals surface area contributed by atoms with Gasteiger partial charge in [0.1, 0.15) is 0 Å². The fourth-order valence-corrected chi connectivity index (χ4v) is 3.81. The summed E-state index contributed by atoms with van der Waals surface area (Å²) >= 11 is 3.32. The number of ether oxygens (including phenoxy) is 2. The van der Waals surface area contributed by atoms with Crippen LogP contribution in [-0.2, 0) is 37.5 Å². The molecule has 0 saturated carbocycles. The Morgan fingerprint density at radius 3 is 1.96 bits per heavy atom. The van der Waals surface area contributed by atoms with Gasteiger partial charge in [-0.2, -0.15) is 0 Å². The van der Waals surface area contributed by atoms with Crippen LogP contribution in [0.2, 0.25) is 0 Å². The molecule has 0 amide bonds. The maximum atomic E-state index is 12.8. The van der Waals surface area contributed by atoms with Crippen molar-refractivity contribution < 1.29 is 37.5 Å². The molecule has 150 valence electrons. The molecule has 0 heterocycles. The van der Waals surface area contributed by atoms with Crippen LogP contribution in [0.1, 0.15) is 12.5 Å². The number of rotatable bonds is 9. The lowest BCUT2D eigenvalue weighted by molar-refractivity contribution is -0.160. The van der Waals surface area contributed by atoms with Crippen molar-refractivity contribution >= 4 is 41.2 Å². The number of nitrogens with zero attached hydrogens (tertiary/aromatic N) is 1. The highest BCUT2D eigenvalue weighted by molar-refractivity contribution is 9.10. The van der Waals surface area contributed by atoms with E-state index in [9.17, 15) is 14.2 Å². The van der Waals surface area contributed by atoms with Crippen LogP contribution in [0.5, 0.6) is 0 Å². The van der Waals surface area contributed by atoms with Crippen LogP contribution in [0.4, 0.5) is 0 Å². The van der Waals surface area contributed by atoms with Crippen LogP contribution in [0.3, 0.4) is 0 Å². The molecule has 2 atom stereocenters. The maximum Gasteiger partial charge on any atom is 0.351 e. The number of carbonyl (C=O) groups is 2. The van der Waals surface area contributed by atoms with Crippen LogP contribution < -0.4 is 0 Å². The van der Waals surface area contributed by atoms with E-state index in [1.807, 2.05) is 0 Å². The second-order valence-electron chi connectivity index (χ2n) is 5.11. The topological polar surface area (TPSA) is 110 Å². The molecule has 27 heavy (non-hydrogen) atoms. The average Bonchev–Trinajstić information content (AvgIpc) is 2.69. The Balaban J connectivity index is 3.27. The highest BCUT2D eigenvalue weighted by Crippen LogP contribution is 2.54. The highest BCUT2D eigenvalue weighted by Gasteiger charge is 2.52. The Labute approximate surface area is 165 Å². The molecule has 2 unspecified atom stereocenters. The van der Waals surface area contributed by atoms with Gasteiger partial charge >= 0.3 is 19.5 Å². The molecule has 9 nitrogen and oxygen atoms in total. The number of methoxy groups -OCH3 is 2. The first-order valence-electron chi connectivity index (χ1n) is 7.57. The third-order valence-corrected chi connectivity index (χ3v) is 6.29. The Hall–Kier alpha value is -1.74. The summed E-state index contributed by atoms with van der Waals surface area (Å²) in [7, 11) is 0.199. The minimum absolute atomic E-state index is 0.407. The predicted molar refractivity (Wildman–Crippen MR) is 101 cm³/mol. The summed E-state index contributed by atoms with van der Waals surface area (Å²) in [6.45, 7) is 1.64. The van der Waals surface area contributed by atoms with Gasteiger partial charge in [-0.1, -0.05) is 33.2 Å². The predicted octanol–water partition coefficient (Wildman–Crippen LogP) is 2.76. The van der Waals surface area contributed by atoms with Crippen molar-refractivity contribution in [3.63, 3.8) is 0 Å². The number of carbonyl (C=O) groups excluding carboxylic acids is 2. The molecule has 1 rings (SSSR count). The van der Waals surface area contributed by atoms with Gasteiger partial charge < -0.3 is 23.4 Å². The molecule has 0 N–H and O–H groups in total. The number of oxime groups is 1. The van der Waals surface area contributed by atoms with Crippen molar-refractivity contribution in [1.29, 1.82) is 0 Å². The second kappa shape index (κ2) is 10.6. The first-order valence-corrected chi connectivity index (χ1v) is 9.97. The Morgan fingerprint density at radius 1 is 1.00 bits per heavy atom. The average molecular weight is 466 g/mol. The first kappa shape index (κ1) is 23.3. The lowest BCUT2D eigenvalue weighted by Crippen LogP contribution is -2.43. The van der Waals surface area contributed by atoms with Gasteiger partial charge in [-0.3, -0.25) is 9.36 Å². The van der Waals surface area contributed by atoms with Gasteiger partial charge in [0.05, 0.1) is 19.9 Å². The number of benzene rings is 1. The van der Waals surface area contributed by atoms with E-state index in [0.29, 0.717) is 11.3 Å². The Kier molecular flexibility index (Phi) is 9.11. The maximum absolute atomic E-state index is 12.8. The van der Waals surface area contributed by atoms with Gasteiger partial charge in [-0.15, -0.1) is 0 Å². The Morgan fingerprint density at radius 2 is 1.52 bits per heavy atom. The van der Waals surface area contributed by atoms with Crippen molar-refractivity contribution in [3.8, 4) is 0 Å². The molecule has 0 fully saturated rings. The van der Waals surface area contributed by atoms with Crippen LogP contribution in [0, 0.1) is 0 Å². The largest absolute Gasteiger partial charge is 0.468 e. The van der Waals surface area contributed by atoms with Crippen LogP contribution in [0.25, 0.3) is 0 Å². The molecule has 11 heteroatoms. The van der Waals surface area contributed by atoms with Gasteiger partial charge in [-0.25, -0.2) is 4.79 Å². The van der Waals surface area contributed by atoms with E-state index in [4.69, 9.17) is 13.9 Å². The highest BCUT2D eigenvalue weighted by atomic mass is 79.9. The number of hydrogen-bond donors (Lipinski definition) is 0. The van der Waals surface area contributed by atoms with Gasteiger partial charge in [0, 0.05) is 18.7 Å². The van der Waals surface area contributed by atoms with E-state index in [1.54, 1.807) is 31.2 Å². The van der Waals surface area contributed by atoms with Crippen molar-refractivity contribution in [3.05, 3.63) is 34.3 Å². The van der Waals surface area contributed by atoms with Gasteiger partial charge in [0.25, 0.3) is 0 Å². The molecule has 0 spiro atoms. The van der Waals surface area contributed by atoms with E-state index < -0.39 is 31.3 Å². The molecule has 0 aliphatic heterocycles. The molecule has 1 aromatic carbocycles. The minimum Gasteiger partial charge on any atom is -0.468 e. The summed E-state index contributed by atoms with van der Waals surface area (Å²) in [4.78, 5) is 29.6. The monoisotopic (exact) mass is 465 g/mol. The molecule has 0 aromatic heterocycles. The molecule has 0 aliphatic carbocycles. The SMILES string of the molecule is COC(=O)C(O/N=C(\C)c1ccc(Br)cc1)C(C(=O)OC)P(=O)(OC)OC. The zero-order chi connectivity index (χ0) is 20.6. The van der Waals surface area contributed by atoms with E-state index in [1.165, 1.54) is 0 Å². The van der Waals surface area contributed by atoms with Gasteiger partial charge in [-0.05, 0) is 24.6 Å². The van der Waals surface area contributed by atoms with Crippen molar-refractivity contribution in [2.45, 2.75) is 18.7 Å². The lowest BCUT2D eigenvalue weighted by atomic mass is 10.1. The summed E-state index contributed by atoms with van der Waals surface area (Å²) in [6, 6.07) is 7.14. The standard InChI is InChI=1S/C16H21BrNO8P/c1-10(11-6-8-12(17)9-7-11)18-26-13(15(19)22-2)14(16(20)23-3)27(21,24-4)25-5/h6-9,13-14H,1-5H3/b18-10+. The number of halogens is 1.